The Labute approximate surface area is 136 Å². The molecular weight excluding hydrogens is 314 g/mol. The highest BCUT2D eigenvalue weighted by Crippen LogP contribution is 2.21. The maximum Gasteiger partial charge on any atom is 0.272 e. The summed E-state index contributed by atoms with van der Waals surface area (Å²) in [5.74, 6) is 1.76. The van der Waals surface area contributed by atoms with Crippen LogP contribution in [0.2, 0.25) is 0 Å². The minimum absolute atomic E-state index is 0.0280. The van der Waals surface area contributed by atoms with E-state index in [1.54, 1.807) is 11.6 Å². The molecule has 0 aliphatic carbocycles. The zero-order valence-electron chi connectivity index (χ0n) is 13.0. The zero-order valence-corrected chi connectivity index (χ0v) is 13.8. The van der Waals surface area contributed by atoms with E-state index in [-0.39, 0.29) is 12.2 Å². The molecule has 1 saturated heterocycles. The molecule has 0 saturated carbocycles. The smallest absolute Gasteiger partial charge is 0.272 e. The van der Waals surface area contributed by atoms with Gasteiger partial charge in [-0.05, 0) is 36.8 Å². The highest BCUT2D eigenvalue weighted by molar-refractivity contribution is 7.17. The Balaban J connectivity index is 1.78. The van der Waals surface area contributed by atoms with Crippen LogP contribution in [-0.2, 0) is 13.6 Å². The van der Waals surface area contributed by atoms with Crippen LogP contribution >= 0.6 is 11.3 Å². The Bertz CT molecular complexity index is 912. The summed E-state index contributed by atoms with van der Waals surface area (Å²) < 4.78 is 4.27. The minimum atomic E-state index is -0.0280. The van der Waals surface area contributed by atoms with Crippen molar-refractivity contribution in [2.75, 3.05) is 19.7 Å². The van der Waals surface area contributed by atoms with Gasteiger partial charge in [-0.2, -0.15) is 0 Å². The molecule has 1 unspecified atom stereocenters. The first-order chi connectivity index (χ1) is 11.2. The van der Waals surface area contributed by atoms with Crippen LogP contribution in [0.5, 0.6) is 0 Å². The fourth-order valence-corrected chi connectivity index (χ4v) is 4.25. The minimum Gasteiger partial charge on any atom is -0.396 e. The van der Waals surface area contributed by atoms with Crippen LogP contribution in [0.15, 0.2) is 16.2 Å². The second-order valence-corrected chi connectivity index (χ2v) is 7.09. The van der Waals surface area contributed by atoms with Crippen LogP contribution in [0.25, 0.3) is 16.0 Å². The van der Waals surface area contributed by atoms with Crippen molar-refractivity contribution in [2.24, 2.45) is 13.0 Å². The van der Waals surface area contributed by atoms with Gasteiger partial charge in [0, 0.05) is 20.2 Å². The summed E-state index contributed by atoms with van der Waals surface area (Å²) in [6.45, 7) is 2.80. The molecule has 7 nitrogen and oxygen atoms in total. The molecule has 1 N–H and O–H groups in total. The largest absolute Gasteiger partial charge is 0.396 e. The topological polar surface area (TPSA) is 75.7 Å². The van der Waals surface area contributed by atoms with Crippen molar-refractivity contribution in [1.82, 2.24) is 24.1 Å². The second kappa shape index (κ2) is 5.70. The average molecular weight is 333 g/mol. The molecule has 3 aromatic heterocycles. The standard InChI is InChI=1S/C15H19N5O2S/c1-18-14(22)13-11(4-6-23-13)20-12(16-17-15(18)20)8-19-5-2-3-10(7-19)9-21/h4,6,10,21H,2-3,5,7-9H2,1H3. The molecule has 4 heterocycles. The van der Waals surface area contributed by atoms with E-state index in [1.165, 1.54) is 11.3 Å². The van der Waals surface area contributed by atoms with Gasteiger partial charge in [0.1, 0.15) is 4.70 Å². The molecule has 23 heavy (non-hydrogen) atoms. The third kappa shape index (κ3) is 2.37. The van der Waals surface area contributed by atoms with Gasteiger partial charge in [-0.3, -0.25) is 18.7 Å². The van der Waals surface area contributed by atoms with E-state index in [2.05, 4.69) is 15.1 Å². The summed E-state index contributed by atoms with van der Waals surface area (Å²) in [6.07, 6.45) is 2.17. The number of fused-ring (bicyclic) bond motifs is 3. The summed E-state index contributed by atoms with van der Waals surface area (Å²) in [7, 11) is 1.73. The molecule has 122 valence electrons. The SMILES string of the molecule is Cn1c(=O)c2sccc2n2c(CN3CCCC(CO)C3)nnc12. The first-order valence-electron chi connectivity index (χ1n) is 7.82. The van der Waals surface area contributed by atoms with Crippen molar-refractivity contribution in [3.05, 3.63) is 27.6 Å². The Morgan fingerprint density at radius 3 is 3.13 bits per heavy atom. The van der Waals surface area contributed by atoms with Gasteiger partial charge in [-0.1, -0.05) is 0 Å². The van der Waals surface area contributed by atoms with Gasteiger partial charge >= 0.3 is 0 Å². The summed E-state index contributed by atoms with van der Waals surface area (Å²) in [6, 6.07) is 1.95. The average Bonchev–Trinajstić information content (AvgIpc) is 3.19. The van der Waals surface area contributed by atoms with Crippen LogP contribution in [0.1, 0.15) is 18.7 Å². The highest BCUT2D eigenvalue weighted by atomic mass is 32.1. The Morgan fingerprint density at radius 1 is 1.43 bits per heavy atom. The number of aromatic nitrogens is 4. The normalized spacial score (nSPS) is 19.8. The highest BCUT2D eigenvalue weighted by Gasteiger charge is 2.22. The number of aryl methyl sites for hydroxylation is 1. The van der Waals surface area contributed by atoms with Crippen molar-refractivity contribution < 1.29 is 5.11 Å². The third-order valence-electron chi connectivity index (χ3n) is 4.62. The van der Waals surface area contributed by atoms with Crippen LogP contribution < -0.4 is 5.56 Å². The maximum absolute atomic E-state index is 12.3. The molecule has 0 amide bonds. The van der Waals surface area contributed by atoms with Crippen LogP contribution in [-0.4, -0.2) is 48.9 Å². The lowest BCUT2D eigenvalue weighted by Crippen LogP contribution is -2.36. The van der Waals surface area contributed by atoms with Crippen LogP contribution in [0.4, 0.5) is 0 Å². The van der Waals surface area contributed by atoms with E-state index in [1.807, 2.05) is 15.8 Å². The molecule has 0 radical (unpaired) electrons. The van der Waals surface area contributed by atoms with Gasteiger partial charge in [-0.25, -0.2) is 0 Å². The molecule has 1 atom stereocenters. The monoisotopic (exact) mass is 333 g/mol. The number of piperidine rings is 1. The molecular formula is C15H19N5O2S. The number of thiophene rings is 1. The molecule has 0 aromatic carbocycles. The molecule has 1 aliphatic rings. The fraction of sp³-hybridized carbons (Fsp3) is 0.533. The lowest BCUT2D eigenvalue weighted by Gasteiger charge is -2.31. The predicted molar refractivity (Wildman–Crippen MR) is 88.7 cm³/mol. The van der Waals surface area contributed by atoms with Crippen molar-refractivity contribution in [1.29, 1.82) is 0 Å². The van der Waals surface area contributed by atoms with Crippen LogP contribution in [0.3, 0.4) is 0 Å². The van der Waals surface area contributed by atoms with E-state index in [4.69, 9.17) is 0 Å². The number of hydrogen-bond donors (Lipinski definition) is 1. The molecule has 3 aromatic rings. The van der Waals surface area contributed by atoms with E-state index in [0.29, 0.717) is 18.2 Å². The van der Waals surface area contributed by atoms with Gasteiger partial charge in [0.15, 0.2) is 5.82 Å². The predicted octanol–water partition coefficient (Wildman–Crippen LogP) is 0.847. The van der Waals surface area contributed by atoms with Crippen LogP contribution in [0, 0.1) is 5.92 Å². The molecule has 0 spiro atoms. The van der Waals surface area contributed by atoms with Gasteiger partial charge in [0.25, 0.3) is 5.56 Å². The number of hydrogen-bond acceptors (Lipinski definition) is 6. The number of aliphatic hydroxyl groups excluding tert-OH is 1. The number of likely N-dealkylation sites (tertiary alicyclic amines) is 1. The van der Waals surface area contributed by atoms with Crippen molar-refractivity contribution in [3.63, 3.8) is 0 Å². The Hall–Kier alpha value is -1.77. The van der Waals surface area contributed by atoms with E-state index < -0.39 is 0 Å². The lowest BCUT2D eigenvalue weighted by molar-refractivity contribution is 0.114. The molecule has 4 rings (SSSR count). The van der Waals surface area contributed by atoms with Crippen molar-refractivity contribution >= 4 is 27.3 Å². The Morgan fingerprint density at radius 2 is 2.30 bits per heavy atom. The van der Waals surface area contributed by atoms with E-state index >= 15 is 0 Å². The third-order valence-corrected chi connectivity index (χ3v) is 5.52. The number of nitrogens with zero attached hydrogens (tertiary/aromatic N) is 5. The fourth-order valence-electron chi connectivity index (χ4n) is 3.40. The molecule has 1 aliphatic heterocycles. The summed E-state index contributed by atoms with van der Waals surface area (Å²) in [5.41, 5.74) is 0.851. The van der Waals surface area contributed by atoms with Gasteiger partial charge in [0.05, 0.1) is 12.1 Å². The van der Waals surface area contributed by atoms with Crippen molar-refractivity contribution in [2.45, 2.75) is 19.4 Å². The molecule has 0 bridgehead atoms. The molecule has 8 heteroatoms. The van der Waals surface area contributed by atoms with Gasteiger partial charge in [-0.15, -0.1) is 21.5 Å². The quantitative estimate of drug-likeness (QED) is 0.769. The zero-order chi connectivity index (χ0) is 16.0. The number of aliphatic hydroxyl groups is 1. The Kier molecular flexibility index (Phi) is 3.67. The maximum atomic E-state index is 12.3. The van der Waals surface area contributed by atoms with Gasteiger partial charge < -0.3 is 5.11 Å². The van der Waals surface area contributed by atoms with E-state index in [9.17, 15) is 9.90 Å². The first-order valence-corrected chi connectivity index (χ1v) is 8.70. The van der Waals surface area contributed by atoms with Gasteiger partial charge in [0.2, 0.25) is 5.78 Å². The lowest BCUT2D eigenvalue weighted by atomic mass is 9.99. The summed E-state index contributed by atoms with van der Waals surface area (Å²) in [4.78, 5) is 14.6. The molecule has 1 fully saturated rings. The summed E-state index contributed by atoms with van der Waals surface area (Å²) >= 11 is 1.45. The summed E-state index contributed by atoms with van der Waals surface area (Å²) in [5, 5.41) is 19.9. The first kappa shape index (κ1) is 14.8. The number of rotatable bonds is 3. The van der Waals surface area contributed by atoms with E-state index in [0.717, 1.165) is 42.0 Å². The van der Waals surface area contributed by atoms with Crippen molar-refractivity contribution in [3.8, 4) is 0 Å². The second-order valence-electron chi connectivity index (χ2n) is 6.18.